The molecule has 0 unspecified atom stereocenters. The molecule has 0 aromatic carbocycles. The summed E-state index contributed by atoms with van der Waals surface area (Å²) in [4.78, 5) is 22.4. The summed E-state index contributed by atoms with van der Waals surface area (Å²) < 4.78 is 0. The molecule has 0 bridgehead atoms. The van der Waals surface area contributed by atoms with Gasteiger partial charge in [0, 0.05) is 19.4 Å². The van der Waals surface area contributed by atoms with Gasteiger partial charge in [-0.15, -0.1) is 0 Å². The molecule has 3 heteroatoms. The smallest absolute Gasteiger partial charge is 0.143 e. The zero-order valence-electron chi connectivity index (χ0n) is 7.08. The Morgan fingerprint density at radius 1 is 1.25 bits per heavy atom. The van der Waals surface area contributed by atoms with Crippen molar-refractivity contribution in [3.63, 3.8) is 0 Å². The highest BCUT2D eigenvalue weighted by Gasteiger charge is 2.28. The molecule has 12 heavy (non-hydrogen) atoms. The van der Waals surface area contributed by atoms with Gasteiger partial charge in [-0.25, -0.2) is 0 Å². The van der Waals surface area contributed by atoms with Gasteiger partial charge in [0.1, 0.15) is 11.6 Å². The highest BCUT2D eigenvalue weighted by atomic mass is 16.3. The Kier molecular flexibility index (Phi) is 3.41. The van der Waals surface area contributed by atoms with Crippen LogP contribution in [0.25, 0.3) is 0 Å². The van der Waals surface area contributed by atoms with Crippen molar-refractivity contribution < 1.29 is 14.7 Å². The third-order valence-electron chi connectivity index (χ3n) is 2.27. The number of hydrogen-bond donors (Lipinski definition) is 1. The van der Waals surface area contributed by atoms with Crippen molar-refractivity contribution >= 4 is 11.6 Å². The first kappa shape index (κ1) is 9.39. The molecule has 1 fully saturated rings. The minimum Gasteiger partial charge on any atom is -0.396 e. The zero-order valence-corrected chi connectivity index (χ0v) is 7.08. The van der Waals surface area contributed by atoms with Crippen LogP contribution in [-0.4, -0.2) is 23.3 Å². The van der Waals surface area contributed by atoms with Gasteiger partial charge in [0.05, 0.1) is 5.92 Å². The SMILES string of the molecule is O=C1CCCC(=O)C1CCCO. The third kappa shape index (κ3) is 2.14. The summed E-state index contributed by atoms with van der Waals surface area (Å²) in [6.45, 7) is 0.0665. The summed E-state index contributed by atoms with van der Waals surface area (Å²) in [6.07, 6.45) is 2.90. The van der Waals surface area contributed by atoms with Crippen molar-refractivity contribution in [3.05, 3.63) is 0 Å². The summed E-state index contributed by atoms with van der Waals surface area (Å²) >= 11 is 0. The van der Waals surface area contributed by atoms with E-state index in [4.69, 9.17) is 5.11 Å². The van der Waals surface area contributed by atoms with Crippen molar-refractivity contribution in [3.8, 4) is 0 Å². The van der Waals surface area contributed by atoms with Crippen LogP contribution in [0.1, 0.15) is 32.1 Å². The summed E-state index contributed by atoms with van der Waals surface area (Å²) in [5.74, 6) is -0.259. The molecule has 0 aromatic heterocycles. The van der Waals surface area contributed by atoms with E-state index in [0.717, 1.165) is 0 Å². The second-order valence-corrected chi connectivity index (χ2v) is 3.20. The molecule has 0 amide bonds. The number of rotatable bonds is 3. The van der Waals surface area contributed by atoms with Gasteiger partial charge in [0.25, 0.3) is 0 Å². The van der Waals surface area contributed by atoms with Crippen LogP contribution in [0.5, 0.6) is 0 Å². The molecule has 0 saturated heterocycles. The van der Waals surface area contributed by atoms with E-state index in [1.807, 2.05) is 0 Å². The van der Waals surface area contributed by atoms with Crippen LogP contribution in [0, 0.1) is 5.92 Å². The first-order chi connectivity index (χ1) is 5.75. The molecular formula is C9H14O3. The standard InChI is InChI=1S/C9H14O3/c10-6-2-3-7-8(11)4-1-5-9(7)12/h7,10H,1-6H2. The lowest BCUT2D eigenvalue weighted by Crippen LogP contribution is -2.28. The van der Waals surface area contributed by atoms with Crippen molar-refractivity contribution in [2.24, 2.45) is 5.92 Å². The van der Waals surface area contributed by atoms with E-state index in [-0.39, 0.29) is 18.2 Å². The molecule has 68 valence electrons. The minimum atomic E-state index is -0.397. The Morgan fingerprint density at radius 3 is 2.33 bits per heavy atom. The number of aliphatic hydroxyl groups excluding tert-OH is 1. The van der Waals surface area contributed by atoms with Gasteiger partial charge in [-0.3, -0.25) is 9.59 Å². The average Bonchev–Trinajstić information content (AvgIpc) is 2.04. The number of carbonyl (C=O) groups is 2. The van der Waals surface area contributed by atoms with Crippen molar-refractivity contribution in [2.45, 2.75) is 32.1 Å². The highest BCUT2D eigenvalue weighted by Crippen LogP contribution is 2.21. The van der Waals surface area contributed by atoms with Gasteiger partial charge >= 0.3 is 0 Å². The fourth-order valence-electron chi connectivity index (χ4n) is 1.58. The number of carbonyl (C=O) groups excluding carboxylic acids is 2. The average molecular weight is 170 g/mol. The number of ketones is 2. The van der Waals surface area contributed by atoms with Crippen LogP contribution in [0.2, 0.25) is 0 Å². The number of Topliss-reactive ketones (excluding diaryl/α,β-unsaturated/α-hetero) is 2. The molecule has 1 aliphatic rings. The van der Waals surface area contributed by atoms with Crippen LogP contribution >= 0.6 is 0 Å². The summed E-state index contributed by atoms with van der Waals surface area (Å²) in [5, 5.41) is 8.55. The predicted octanol–water partition coefficient (Wildman–Crippen LogP) is 0.697. The van der Waals surface area contributed by atoms with E-state index in [2.05, 4.69) is 0 Å². The minimum absolute atomic E-state index is 0.0665. The van der Waals surface area contributed by atoms with Crippen LogP contribution < -0.4 is 0 Å². The summed E-state index contributed by atoms with van der Waals surface area (Å²) in [5.41, 5.74) is 0. The lowest BCUT2D eigenvalue weighted by molar-refractivity contribution is -0.135. The molecule has 0 aromatic rings. The lowest BCUT2D eigenvalue weighted by atomic mass is 9.84. The normalized spacial score (nSPS) is 20.1. The Labute approximate surface area is 71.8 Å². The van der Waals surface area contributed by atoms with E-state index in [0.29, 0.717) is 32.1 Å². The Morgan fingerprint density at radius 2 is 1.83 bits per heavy atom. The van der Waals surface area contributed by atoms with Gasteiger partial charge in [-0.1, -0.05) is 0 Å². The van der Waals surface area contributed by atoms with Crippen molar-refractivity contribution in [1.29, 1.82) is 0 Å². The molecule has 0 heterocycles. The molecule has 1 rings (SSSR count). The molecule has 0 atom stereocenters. The molecule has 0 aliphatic heterocycles. The van der Waals surface area contributed by atoms with Gasteiger partial charge in [-0.05, 0) is 19.3 Å². The maximum atomic E-state index is 11.2. The summed E-state index contributed by atoms with van der Waals surface area (Å²) in [7, 11) is 0. The van der Waals surface area contributed by atoms with E-state index in [9.17, 15) is 9.59 Å². The predicted molar refractivity (Wildman–Crippen MR) is 43.7 cm³/mol. The van der Waals surface area contributed by atoms with Gasteiger partial charge < -0.3 is 5.11 Å². The monoisotopic (exact) mass is 170 g/mol. The van der Waals surface area contributed by atoms with E-state index < -0.39 is 5.92 Å². The lowest BCUT2D eigenvalue weighted by Gasteiger charge is -2.18. The molecule has 1 N–H and O–H groups in total. The first-order valence-corrected chi connectivity index (χ1v) is 4.42. The van der Waals surface area contributed by atoms with Crippen LogP contribution in [0.4, 0.5) is 0 Å². The Hall–Kier alpha value is -0.700. The van der Waals surface area contributed by atoms with E-state index in [1.54, 1.807) is 0 Å². The fourth-order valence-corrected chi connectivity index (χ4v) is 1.58. The zero-order chi connectivity index (χ0) is 8.97. The third-order valence-corrected chi connectivity index (χ3v) is 2.27. The quantitative estimate of drug-likeness (QED) is 0.634. The molecule has 1 aliphatic carbocycles. The van der Waals surface area contributed by atoms with Crippen LogP contribution in [0.3, 0.4) is 0 Å². The largest absolute Gasteiger partial charge is 0.396 e. The first-order valence-electron chi connectivity index (χ1n) is 4.42. The van der Waals surface area contributed by atoms with Crippen LogP contribution in [0.15, 0.2) is 0 Å². The highest BCUT2D eigenvalue weighted by molar-refractivity contribution is 6.04. The Bertz CT molecular complexity index is 170. The van der Waals surface area contributed by atoms with Crippen molar-refractivity contribution in [2.75, 3.05) is 6.61 Å². The van der Waals surface area contributed by atoms with Crippen molar-refractivity contribution in [1.82, 2.24) is 0 Å². The maximum absolute atomic E-state index is 11.2. The van der Waals surface area contributed by atoms with E-state index >= 15 is 0 Å². The van der Waals surface area contributed by atoms with Gasteiger partial charge in [-0.2, -0.15) is 0 Å². The number of aliphatic hydroxyl groups is 1. The molecule has 1 saturated carbocycles. The second-order valence-electron chi connectivity index (χ2n) is 3.20. The molecular weight excluding hydrogens is 156 g/mol. The molecule has 3 nitrogen and oxygen atoms in total. The number of hydrogen-bond acceptors (Lipinski definition) is 3. The molecule has 0 spiro atoms. The Balaban J connectivity index is 2.45. The maximum Gasteiger partial charge on any atom is 0.143 e. The molecule has 0 radical (unpaired) electrons. The van der Waals surface area contributed by atoms with E-state index in [1.165, 1.54) is 0 Å². The summed E-state index contributed by atoms with van der Waals surface area (Å²) in [6, 6.07) is 0. The van der Waals surface area contributed by atoms with Gasteiger partial charge in [0.2, 0.25) is 0 Å². The fraction of sp³-hybridized carbons (Fsp3) is 0.778. The second kappa shape index (κ2) is 4.36. The van der Waals surface area contributed by atoms with Crippen LogP contribution in [-0.2, 0) is 9.59 Å². The van der Waals surface area contributed by atoms with Gasteiger partial charge in [0.15, 0.2) is 0 Å². The topological polar surface area (TPSA) is 54.4 Å².